The summed E-state index contributed by atoms with van der Waals surface area (Å²) in [4.78, 5) is 51.5. The van der Waals surface area contributed by atoms with Crippen molar-refractivity contribution >= 4 is 74.2 Å². The number of anilines is 5. The van der Waals surface area contributed by atoms with Crippen LogP contribution in [0.5, 0.6) is 0 Å². The normalized spacial score (nSPS) is 18.2. The molecule has 4 aliphatic heterocycles. The topological polar surface area (TPSA) is 127 Å². The summed E-state index contributed by atoms with van der Waals surface area (Å²) >= 11 is 0. The highest BCUT2D eigenvalue weighted by Crippen LogP contribution is 2.47. The number of rotatable bonds is 5. The fourth-order valence-corrected chi connectivity index (χ4v) is 8.84. The van der Waals surface area contributed by atoms with E-state index < -0.39 is 0 Å². The number of carbonyl (C=O) groups is 2. The first-order chi connectivity index (χ1) is 28.8. The molecule has 14 nitrogen and oxygen atoms in total. The van der Waals surface area contributed by atoms with Crippen molar-refractivity contribution in [3.05, 3.63) is 95.8 Å². The highest BCUT2D eigenvalue weighted by atomic mass is 16.5. The van der Waals surface area contributed by atoms with Crippen molar-refractivity contribution in [3.8, 4) is 0 Å². The van der Waals surface area contributed by atoms with Gasteiger partial charge in [0.1, 0.15) is 17.6 Å². The second-order valence-corrected chi connectivity index (χ2v) is 15.6. The van der Waals surface area contributed by atoms with Crippen LogP contribution in [-0.4, -0.2) is 127 Å². The maximum absolute atomic E-state index is 12.9. The second-order valence-electron chi connectivity index (χ2n) is 15.6. The number of nitrogens with zero attached hydrogens (tertiary/aromatic N) is 9. The van der Waals surface area contributed by atoms with Crippen LogP contribution in [0.15, 0.2) is 84.7 Å². The van der Waals surface area contributed by atoms with Gasteiger partial charge in [-0.2, -0.15) is 0 Å². The minimum atomic E-state index is -0.313. The Morgan fingerprint density at radius 3 is 2.25 bits per heavy atom. The number of nitrogens with one attached hydrogen (secondary N) is 2. The zero-order valence-electron chi connectivity index (χ0n) is 34.2. The highest BCUT2D eigenvalue weighted by Gasteiger charge is 2.41. The van der Waals surface area contributed by atoms with Crippen molar-refractivity contribution < 1.29 is 14.3 Å². The Morgan fingerprint density at radius 1 is 0.797 bits per heavy atom. The van der Waals surface area contributed by atoms with E-state index in [0.717, 1.165) is 121 Å². The van der Waals surface area contributed by atoms with Crippen LogP contribution in [0.2, 0.25) is 0 Å². The SMILES string of the molecule is CCOC(=O)C1=Cc2c(N3CCCN(C)CC3)ccnc2N2c3ccccc3NC12.CNC(=O)c1cc2c(N3CCCN(C)CC3)ccnc2n2c1nc1ccccc12. The molecule has 2 aromatic carbocycles. The first-order valence-corrected chi connectivity index (χ1v) is 20.6. The summed E-state index contributed by atoms with van der Waals surface area (Å²) in [5.74, 6) is 0.446. The Hall–Kier alpha value is -6.25. The van der Waals surface area contributed by atoms with Gasteiger partial charge in [0.2, 0.25) is 0 Å². The number of likely N-dealkylation sites (N-methyl/N-ethyl adjacent to an activating group) is 2. The minimum absolute atomic E-state index is 0.141. The molecule has 304 valence electrons. The Labute approximate surface area is 344 Å². The summed E-state index contributed by atoms with van der Waals surface area (Å²) in [6.07, 6.45) is 7.62. The molecule has 0 spiro atoms. The quantitative estimate of drug-likeness (QED) is 0.211. The van der Waals surface area contributed by atoms with Crippen LogP contribution in [0.1, 0.15) is 35.7 Å². The number of hydrogen-bond acceptors (Lipinski definition) is 12. The van der Waals surface area contributed by atoms with Gasteiger partial charge in [-0.1, -0.05) is 24.3 Å². The van der Waals surface area contributed by atoms with Crippen molar-refractivity contribution in [2.45, 2.75) is 25.9 Å². The van der Waals surface area contributed by atoms with E-state index in [0.29, 0.717) is 23.4 Å². The highest BCUT2D eigenvalue weighted by molar-refractivity contribution is 6.08. The molecule has 59 heavy (non-hydrogen) atoms. The maximum atomic E-state index is 12.9. The van der Waals surface area contributed by atoms with Crippen molar-refractivity contribution in [1.82, 2.24) is 34.5 Å². The summed E-state index contributed by atoms with van der Waals surface area (Å²) in [6, 6.07) is 22.1. The first-order valence-electron chi connectivity index (χ1n) is 20.6. The lowest BCUT2D eigenvalue weighted by Crippen LogP contribution is -2.40. The van der Waals surface area contributed by atoms with Crippen LogP contribution in [0, 0.1) is 0 Å². The van der Waals surface area contributed by atoms with Gasteiger partial charge < -0.3 is 35.0 Å². The molecule has 2 saturated heterocycles. The molecular formula is C45H51N11O3. The van der Waals surface area contributed by atoms with Gasteiger partial charge in [-0.3, -0.25) is 14.1 Å². The van der Waals surface area contributed by atoms with Gasteiger partial charge in [-0.05, 0) is 95.5 Å². The molecule has 0 aliphatic carbocycles. The zero-order valence-corrected chi connectivity index (χ0v) is 34.2. The maximum Gasteiger partial charge on any atom is 0.338 e. The molecule has 1 unspecified atom stereocenters. The van der Waals surface area contributed by atoms with Crippen molar-refractivity contribution in [2.75, 3.05) is 100 Å². The molecule has 0 saturated carbocycles. The van der Waals surface area contributed by atoms with E-state index in [2.05, 4.69) is 67.4 Å². The van der Waals surface area contributed by atoms with E-state index in [4.69, 9.17) is 19.7 Å². The molecule has 2 fully saturated rings. The molecule has 10 rings (SSSR count). The van der Waals surface area contributed by atoms with E-state index in [1.54, 1.807) is 7.05 Å². The van der Waals surface area contributed by atoms with Crippen molar-refractivity contribution in [1.29, 1.82) is 0 Å². The molecule has 0 radical (unpaired) electrons. The van der Waals surface area contributed by atoms with Crippen molar-refractivity contribution in [3.63, 3.8) is 0 Å². The molecule has 14 heteroatoms. The molecule has 1 amide bonds. The molecule has 4 aliphatic rings. The van der Waals surface area contributed by atoms with E-state index in [1.165, 1.54) is 0 Å². The van der Waals surface area contributed by atoms with E-state index >= 15 is 0 Å². The van der Waals surface area contributed by atoms with Crippen LogP contribution in [-0.2, 0) is 9.53 Å². The van der Waals surface area contributed by atoms with Crippen LogP contribution in [0.4, 0.5) is 28.6 Å². The van der Waals surface area contributed by atoms with Gasteiger partial charge >= 0.3 is 5.97 Å². The molecular weight excluding hydrogens is 743 g/mol. The third kappa shape index (κ3) is 7.05. The van der Waals surface area contributed by atoms with Gasteiger partial charge in [0.25, 0.3) is 5.91 Å². The van der Waals surface area contributed by atoms with Gasteiger partial charge in [0, 0.05) is 81.0 Å². The number of fused-ring (bicyclic) bond motifs is 10. The fraction of sp³-hybridized carbons (Fsp3) is 0.356. The summed E-state index contributed by atoms with van der Waals surface area (Å²) in [7, 11) is 5.99. The monoisotopic (exact) mass is 793 g/mol. The number of amides is 1. The number of hydrogen-bond donors (Lipinski definition) is 2. The Bertz CT molecular complexity index is 2590. The predicted octanol–water partition coefficient (Wildman–Crippen LogP) is 5.61. The summed E-state index contributed by atoms with van der Waals surface area (Å²) < 4.78 is 7.42. The standard InChI is InChI=1S/C23H27N5O2.C22H24N6O/c1-3-30-23(29)17-15-16-19(27-12-6-11-26(2)13-14-27)9-10-24-21(16)28-20-8-5-4-7-18(20)25-22(17)28;1-23-22(29)16-14-15-18(27-11-5-10-26(2)12-13-27)8-9-24-20(15)28-19-7-4-3-6-17(19)25-21(16)28/h4-5,7-10,15,22,25H,3,6,11-14H2,1-2H3;3-4,6-9,14H,5,10-13H2,1-2H3,(H,23,29). The van der Waals surface area contributed by atoms with Crippen LogP contribution in [0.3, 0.4) is 0 Å². The Balaban J connectivity index is 0.000000152. The number of imidazole rings is 1. The van der Waals surface area contributed by atoms with Crippen molar-refractivity contribution in [2.24, 2.45) is 0 Å². The number of pyridine rings is 3. The predicted molar refractivity (Wildman–Crippen MR) is 235 cm³/mol. The summed E-state index contributed by atoms with van der Waals surface area (Å²) in [6.45, 7) is 10.3. The molecule has 4 aromatic heterocycles. The van der Waals surface area contributed by atoms with Crippen LogP contribution in [0.25, 0.3) is 33.8 Å². The first kappa shape index (κ1) is 38.3. The number of para-hydroxylation sites is 4. The van der Waals surface area contributed by atoms with Gasteiger partial charge in [0.15, 0.2) is 5.65 Å². The van der Waals surface area contributed by atoms with E-state index in [1.807, 2.05) is 78.3 Å². The number of ether oxygens (including phenoxy) is 1. The van der Waals surface area contributed by atoms with Crippen LogP contribution < -0.4 is 25.3 Å². The smallest absolute Gasteiger partial charge is 0.338 e. The van der Waals surface area contributed by atoms with Gasteiger partial charge in [0.05, 0.1) is 40.2 Å². The zero-order chi connectivity index (χ0) is 40.6. The average Bonchev–Trinajstić information content (AvgIpc) is 3.68. The lowest BCUT2D eigenvalue weighted by atomic mass is 10.0. The molecule has 8 heterocycles. The number of aromatic nitrogens is 4. The second kappa shape index (κ2) is 16.2. The number of carbonyl (C=O) groups excluding carboxylic acids is 2. The summed E-state index contributed by atoms with van der Waals surface area (Å²) in [5.41, 5.74) is 9.71. The lowest BCUT2D eigenvalue weighted by molar-refractivity contribution is -0.138. The fourth-order valence-electron chi connectivity index (χ4n) is 8.84. The summed E-state index contributed by atoms with van der Waals surface area (Å²) in [5, 5.41) is 7.22. The van der Waals surface area contributed by atoms with Gasteiger partial charge in [-0.15, -0.1) is 0 Å². The minimum Gasteiger partial charge on any atom is -0.463 e. The third-order valence-electron chi connectivity index (χ3n) is 11.8. The van der Waals surface area contributed by atoms with E-state index in [-0.39, 0.29) is 18.0 Å². The lowest BCUT2D eigenvalue weighted by Gasteiger charge is -2.34. The van der Waals surface area contributed by atoms with Gasteiger partial charge in [-0.25, -0.2) is 19.7 Å². The largest absolute Gasteiger partial charge is 0.463 e. The number of esters is 1. The molecule has 2 N–H and O–H groups in total. The Kier molecular flexibility index (Phi) is 10.5. The Morgan fingerprint density at radius 2 is 1.49 bits per heavy atom. The van der Waals surface area contributed by atoms with Crippen LogP contribution >= 0.6 is 0 Å². The molecule has 0 bridgehead atoms. The molecule has 1 atom stereocenters. The van der Waals surface area contributed by atoms with E-state index in [9.17, 15) is 9.59 Å². The average molecular weight is 794 g/mol. The number of benzene rings is 2. The molecule has 6 aromatic rings. The third-order valence-corrected chi connectivity index (χ3v) is 11.8.